The number of nitrogens with zero attached hydrogens (tertiary/aromatic N) is 1. The number of hydrogen-bond donors (Lipinski definition) is 1. The van der Waals surface area contributed by atoms with Crippen molar-refractivity contribution < 1.29 is 17.6 Å². The molecule has 1 atom stereocenters. The fourth-order valence-corrected chi connectivity index (χ4v) is 2.20. The maximum absolute atomic E-state index is 13.7. The maximum Gasteiger partial charge on any atom is 0.419 e. The highest BCUT2D eigenvalue weighted by atomic mass is 19.4. The van der Waals surface area contributed by atoms with Gasteiger partial charge in [-0.3, -0.25) is 4.98 Å². The first-order valence-electron chi connectivity index (χ1n) is 6.28. The van der Waals surface area contributed by atoms with Crippen molar-refractivity contribution in [1.29, 1.82) is 0 Å². The number of halogens is 4. The number of pyridine rings is 1. The number of aryl methyl sites for hydroxylation is 1. The van der Waals surface area contributed by atoms with Crippen molar-refractivity contribution >= 4 is 0 Å². The molecule has 0 aliphatic heterocycles. The zero-order valence-electron chi connectivity index (χ0n) is 11.5. The molecule has 0 spiro atoms. The Hall–Kier alpha value is -1.95. The van der Waals surface area contributed by atoms with E-state index in [0.29, 0.717) is 5.56 Å². The molecule has 0 saturated heterocycles. The summed E-state index contributed by atoms with van der Waals surface area (Å²) in [5.74, 6) is -1.28. The first-order chi connectivity index (χ1) is 9.82. The van der Waals surface area contributed by atoms with Gasteiger partial charge in [-0.25, -0.2) is 4.39 Å². The Kier molecular flexibility index (Phi) is 4.27. The normalized spacial score (nSPS) is 13.2. The van der Waals surface area contributed by atoms with Crippen LogP contribution in [0.4, 0.5) is 17.6 Å². The van der Waals surface area contributed by atoms with Crippen molar-refractivity contribution in [2.45, 2.75) is 19.1 Å². The van der Waals surface area contributed by atoms with Gasteiger partial charge in [0.2, 0.25) is 0 Å². The van der Waals surface area contributed by atoms with E-state index >= 15 is 0 Å². The van der Waals surface area contributed by atoms with Gasteiger partial charge in [0.15, 0.2) is 0 Å². The first kappa shape index (κ1) is 15.4. The number of hydrogen-bond acceptors (Lipinski definition) is 2. The summed E-state index contributed by atoms with van der Waals surface area (Å²) in [6.45, 7) is 1.86. The molecule has 0 saturated carbocycles. The average molecular weight is 298 g/mol. The van der Waals surface area contributed by atoms with E-state index in [4.69, 9.17) is 0 Å². The van der Waals surface area contributed by atoms with Crippen LogP contribution in [-0.2, 0) is 6.18 Å². The standard InChI is InChI=1S/C15H14F4N2/c1-9-5-11(8-21-7-9)14(20-2)10-3-4-12(13(16)6-10)15(17,18)19/h3-8,14,20H,1-2H3. The van der Waals surface area contributed by atoms with Crippen LogP contribution >= 0.6 is 0 Å². The monoisotopic (exact) mass is 298 g/mol. The van der Waals surface area contributed by atoms with E-state index in [1.165, 1.54) is 6.07 Å². The molecular formula is C15H14F4N2. The molecule has 0 fully saturated rings. The van der Waals surface area contributed by atoms with E-state index < -0.39 is 23.6 Å². The Bertz CT molecular complexity index is 638. The Balaban J connectivity index is 2.42. The van der Waals surface area contributed by atoms with Gasteiger partial charge < -0.3 is 5.32 Å². The van der Waals surface area contributed by atoms with Crippen LogP contribution in [0.5, 0.6) is 0 Å². The van der Waals surface area contributed by atoms with E-state index in [2.05, 4.69) is 10.3 Å². The van der Waals surface area contributed by atoms with Crippen LogP contribution in [0.25, 0.3) is 0 Å². The zero-order valence-corrected chi connectivity index (χ0v) is 11.5. The minimum Gasteiger partial charge on any atom is -0.309 e. The summed E-state index contributed by atoms with van der Waals surface area (Å²) >= 11 is 0. The van der Waals surface area contributed by atoms with Gasteiger partial charge in [0.25, 0.3) is 0 Å². The molecule has 1 unspecified atom stereocenters. The van der Waals surface area contributed by atoms with Crippen LogP contribution in [0.2, 0.25) is 0 Å². The van der Waals surface area contributed by atoms with Gasteiger partial charge in [-0.15, -0.1) is 0 Å². The average Bonchev–Trinajstić information content (AvgIpc) is 2.38. The largest absolute Gasteiger partial charge is 0.419 e. The molecule has 2 aromatic rings. The molecule has 1 N–H and O–H groups in total. The second-order valence-corrected chi connectivity index (χ2v) is 4.75. The quantitative estimate of drug-likeness (QED) is 0.870. The summed E-state index contributed by atoms with van der Waals surface area (Å²) in [4.78, 5) is 4.04. The molecule has 112 valence electrons. The highest BCUT2D eigenvalue weighted by Gasteiger charge is 2.34. The van der Waals surface area contributed by atoms with Crippen LogP contribution in [0.15, 0.2) is 36.7 Å². The maximum atomic E-state index is 13.7. The predicted octanol–water partition coefficient (Wildman–Crippen LogP) is 3.86. The van der Waals surface area contributed by atoms with Gasteiger partial charge >= 0.3 is 6.18 Å². The Morgan fingerprint density at radius 1 is 1.10 bits per heavy atom. The smallest absolute Gasteiger partial charge is 0.309 e. The van der Waals surface area contributed by atoms with Crippen LogP contribution in [-0.4, -0.2) is 12.0 Å². The fraction of sp³-hybridized carbons (Fsp3) is 0.267. The van der Waals surface area contributed by atoms with Crippen LogP contribution in [0, 0.1) is 12.7 Å². The lowest BCUT2D eigenvalue weighted by molar-refractivity contribution is -0.140. The third kappa shape index (κ3) is 3.39. The minimum absolute atomic E-state index is 0.412. The molecule has 1 aromatic carbocycles. The van der Waals surface area contributed by atoms with Gasteiger partial charge in [-0.1, -0.05) is 12.1 Å². The van der Waals surface area contributed by atoms with Gasteiger partial charge in [-0.2, -0.15) is 13.2 Å². The molecule has 2 rings (SSSR count). The molecule has 6 heteroatoms. The highest BCUT2D eigenvalue weighted by molar-refractivity contribution is 5.35. The van der Waals surface area contributed by atoms with E-state index in [1.54, 1.807) is 19.4 Å². The van der Waals surface area contributed by atoms with Crippen molar-refractivity contribution in [1.82, 2.24) is 10.3 Å². The Labute approximate surface area is 119 Å². The number of benzene rings is 1. The second-order valence-electron chi connectivity index (χ2n) is 4.75. The first-order valence-corrected chi connectivity index (χ1v) is 6.28. The number of alkyl halides is 3. The van der Waals surface area contributed by atoms with Crippen LogP contribution in [0.3, 0.4) is 0 Å². The summed E-state index contributed by atoms with van der Waals surface area (Å²) in [5, 5.41) is 2.96. The van der Waals surface area contributed by atoms with Crippen LogP contribution < -0.4 is 5.32 Å². The van der Waals surface area contributed by atoms with Crippen LogP contribution in [0.1, 0.15) is 28.3 Å². The molecule has 0 aliphatic carbocycles. The fourth-order valence-electron chi connectivity index (χ4n) is 2.20. The topological polar surface area (TPSA) is 24.9 Å². The van der Waals surface area contributed by atoms with Gasteiger partial charge in [-0.05, 0) is 42.8 Å². The highest BCUT2D eigenvalue weighted by Crippen LogP contribution is 2.33. The number of rotatable bonds is 3. The zero-order chi connectivity index (χ0) is 15.6. The van der Waals surface area contributed by atoms with E-state index in [-0.39, 0.29) is 0 Å². The van der Waals surface area contributed by atoms with Crippen molar-refractivity contribution in [2.75, 3.05) is 7.05 Å². The lowest BCUT2D eigenvalue weighted by Gasteiger charge is -2.18. The minimum atomic E-state index is -4.69. The number of aromatic nitrogens is 1. The molecule has 1 aromatic heterocycles. The molecule has 1 heterocycles. The second kappa shape index (κ2) is 5.81. The molecule has 0 bridgehead atoms. The van der Waals surface area contributed by atoms with E-state index in [9.17, 15) is 17.6 Å². The van der Waals surface area contributed by atoms with Gasteiger partial charge in [0.1, 0.15) is 5.82 Å². The van der Waals surface area contributed by atoms with Crippen molar-refractivity contribution in [3.05, 3.63) is 64.7 Å². The molecular weight excluding hydrogens is 284 g/mol. The van der Waals surface area contributed by atoms with Crippen molar-refractivity contribution in [3.8, 4) is 0 Å². The lowest BCUT2D eigenvalue weighted by Crippen LogP contribution is -2.19. The van der Waals surface area contributed by atoms with E-state index in [1.807, 2.05) is 13.0 Å². The molecule has 0 amide bonds. The number of nitrogens with one attached hydrogen (secondary N) is 1. The van der Waals surface area contributed by atoms with Crippen molar-refractivity contribution in [3.63, 3.8) is 0 Å². The lowest BCUT2D eigenvalue weighted by atomic mass is 9.98. The predicted molar refractivity (Wildman–Crippen MR) is 71.3 cm³/mol. The van der Waals surface area contributed by atoms with Gasteiger partial charge in [0.05, 0.1) is 11.6 Å². The van der Waals surface area contributed by atoms with Crippen molar-refractivity contribution in [2.24, 2.45) is 0 Å². The molecule has 2 nitrogen and oxygen atoms in total. The third-order valence-corrected chi connectivity index (χ3v) is 3.15. The van der Waals surface area contributed by atoms with E-state index in [0.717, 1.165) is 23.3 Å². The SMILES string of the molecule is CNC(c1cncc(C)c1)c1ccc(C(F)(F)F)c(F)c1. The summed E-state index contributed by atoms with van der Waals surface area (Å²) in [7, 11) is 1.66. The molecule has 0 radical (unpaired) electrons. The Morgan fingerprint density at radius 2 is 1.81 bits per heavy atom. The third-order valence-electron chi connectivity index (χ3n) is 3.15. The molecule has 21 heavy (non-hydrogen) atoms. The Morgan fingerprint density at radius 3 is 2.33 bits per heavy atom. The summed E-state index contributed by atoms with van der Waals surface area (Å²) in [5.41, 5.74) is 0.829. The summed E-state index contributed by atoms with van der Waals surface area (Å²) < 4.78 is 51.4. The molecule has 0 aliphatic rings. The summed E-state index contributed by atoms with van der Waals surface area (Å²) in [6, 6.07) is 4.37. The van der Waals surface area contributed by atoms with Gasteiger partial charge in [0, 0.05) is 12.4 Å². The summed E-state index contributed by atoms with van der Waals surface area (Å²) in [6.07, 6.45) is -1.42.